The minimum absolute atomic E-state index is 0.0961. The number of rotatable bonds is 3. The molecule has 98 valence electrons. The van der Waals surface area contributed by atoms with Crippen molar-refractivity contribution in [2.45, 2.75) is 6.42 Å². The summed E-state index contributed by atoms with van der Waals surface area (Å²) in [5.41, 5.74) is 7.34. The van der Waals surface area contributed by atoms with Gasteiger partial charge in [-0.1, -0.05) is 21.1 Å². The lowest BCUT2D eigenvalue weighted by atomic mass is 10.1. The van der Waals surface area contributed by atoms with Gasteiger partial charge in [0.15, 0.2) is 5.84 Å². The van der Waals surface area contributed by atoms with Gasteiger partial charge in [-0.3, -0.25) is 0 Å². The second-order valence-corrected chi connectivity index (χ2v) is 5.35. The van der Waals surface area contributed by atoms with Gasteiger partial charge in [-0.25, -0.2) is 0 Å². The molecule has 1 aliphatic rings. The van der Waals surface area contributed by atoms with Crippen molar-refractivity contribution in [2.75, 3.05) is 24.6 Å². The molecule has 0 bridgehead atoms. The van der Waals surface area contributed by atoms with Gasteiger partial charge in [-0.2, -0.15) is 0 Å². The van der Waals surface area contributed by atoms with Crippen LogP contribution in [0.4, 0.5) is 5.69 Å². The van der Waals surface area contributed by atoms with E-state index < -0.39 is 0 Å². The Bertz CT molecular complexity index is 465. The van der Waals surface area contributed by atoms with Gasteiger partial charge in [0.1, 0.15) is 0 Å². The molecule has 0 aromatic heterocycles. The van der Waals surface area contributed by atoms with Crippen LogP contribution in [0.2, 0.25) is 0 Å². The lowest BCUT2D eigenvalue weighted by molar-refractivity contribution is 0.238. The van der Waals surface area contributed by atoms with E-state index in [0.717, 1.165) is 29.7 Å². The number of oxime groups is 1. The molecule has 0 saturated carbocycles. The third-order valence-electron chi connectivity index (χ3n) is 3.23. The monoisotopic (exact) mass is 313 g/mol. The summed E-state index contributed by atoms with van der Waals surface area (Å²) in [5, 5.41) is 21.1. The third kappa shape index (κ3) is 2.59. The average Bonchev–Trinajstić information content (AvgIpc) is 2.86. The Morgan fingerprint density at radius 1 is 1.56 bits per heavy atom. The lowest BCUT2D eigenvalue weighted by Crippen LogP contribution is -2.25. The van der Waals surface area contributed by atoms with Gasteiger partial charge in [0.05, 0.1) is 0 Å². The van der Waals surface area contributed by atoms with E-state index in [2.05, 4.69) is 26.0 Å². The standard InChI is InChI=1S/C12H16BrN3O2/c13-9-1-2-11(10(5-9)12(14)15-18)16-4-3-8(6-16)7-17/h1-2,5,8,17-18H,3-4,6-7H2,(H2,14,15). The lowest BCUT2D eigenvalue weighted by Gasteiger charge is -2.21. The molecule has 0 amide bonds. The Balaban J connectivity index is 2.33. The predicted octanol–water partition coefficient (Wildman–Crippen LogP) is 1.36. The van der Waals surface area contributed by atoms with Crippen LogP contribution in [0.3, 0.4) is 0 Å². The summed E-state index contributed by atoms with van der Waals surface area (Å²) in [5.74, 6) is 0.396. The highest BCUT2D eigenvalue weighted by Crippen LogP contribution is 2.29. The largest absolute Gasteiger partial charge is 0.409 e. The van der Waals surface area contributed by atoms with Crippen LogP contribution in [-0.4, -0.2) is 35.8 Å². The second kappa shape index (κ2) is 5.58. The first kappa shape index (κ1) is 13.2. The van der Waals surface area contributed by atoms with Crippen molar-refractivity contribution in [3.05, 3.63) is 28.2 Å². The Hall–Kier alpha value is -1.27. The molecule has 4 N–H and O–H groups in total. The molecule has 0 spiro atoms. The van der Waals surface area contributed by atoms with Crippen molar-refractivity contribution in [3.8, 4) is 0 Å². The van der Waals surface area contributed by atoms with E-state index in [4.69, 9.17) is 10.9 Å². The van der Waals surface area contributed by atoms with E-state index >= 15 is 0 Å². The Morgan fingerprint density at radius 2 is 2.33 bits per heavy atom. The minimum atomic E-state index is 0.0961. The Kier molecular flexibility index (Phi) is 4.08. The topological polar surface area (TPSA) is 82.1 Å². The van der Waals surface area contributed by atoms with Crippen molar-refractivity contribution < 1.29 is 10.3 Å². The van der Waals surface area contributed by atoms with Gasteiger partial charge in [0.2, 0.25) is 0 Å². The van der Waals surface area contributed by atoms with Crippen LogP contribution >= 0.6 is 15.9 Å². The SMILES string of the molecule is N/C(=N/O)c1cc(Br)ccc1N1CCC(CO)C1. The molecule has 0 radical (unpaired) electrons. The van der Waals surface area contributed by atoms with Crippen molar-refractivity contribution >= 4 is 27.5 Å². The van der Waals surface area contributed by atoms with Gasteiger partial charge < -0.3 is 20.9 Å². The number of hydrogen-bond acceptors (Lipinski definition) is 4. The first-order valence-electron chi connectivity index (χ1n) is 5.79. The molecular weight excluding hydrogens is 298 g/mol. The van der Waals surface area contributed by atoms with E-state index in [1.807, 2.05) is 18.2 Å². The maximum Gasteiger partial charge on any atom is 0.172 e. The minimum Gasteiger partial charge on any atom is -0.409 e. The molecule has 1 unspecified atom stereocenters. The first-order valence-corrected chi connectivity index (χ1v) is 6.58. The molecular formula is C12H16BrN3O2. The van der Waals surface area contributed by atoms with Crippen molar-refractivity contribution in [3.63, 3.8) is 0 Å². The van der Waals surface area contributed by atoms with Crippen LogP contribution in [0, 0.1) is 5.92 Å². The quantitative estimate of drug-likeness (QED) is 0.340. The number of benzene rings is 1. The molecule has 1 aromatic rings. The smallest absolute Gasteiger partial charge is 0.172 e. The van der Waals surface area contributed by atoms with Crippen molar-refractivity contribution in [1.29, 1.82) is 0 Å². The molecule has 0 aliphatic carbocycles. The number of hydrogen-bond donors (Lipinski definition) is 3. The number of halogens is 1. The first-order chi connectivity index (χ1) is 8.65. The predicted molar refractivity (Wildman–Crippen MR) is 74.1 cm³/mol. The fraction of sp³-hybridized carbons (Fsp3) is 0.417. The van der Waals surface area contributed by atoms with Gasteiger partial charge in [-0.05, 0) is 24.6 Å². The number of nitrogens with zero attached hydrogens (tertiary/aromatic N) is 2. The highest BCUT2D eigenvalue weighted by molar-refractivity contribution is 9.10. The van der Waals surface area contributed by atoms with E-state index in [1.165, 1.54) is 0 Å². The molecule has 1 fully saturated rings. The summed E-state index contributed by atoms with van der Waals surface area (Å²) < 4.78 is 0.880. The molecule has 1 saturated heterocycles. The average molecular weight is 314 g/mol. The Morgan fingerprint density at radius 3 is 2.94 bits per heavy atom. The van der Waals surface area contributed by atoms with Gasteiger partial charge in [0, 0.05) is 41.3 Å². The molecule has 18 heavy (non-hydrogen) atoms. The highest BCUT2D eigenvalue weighted by atomic mass is 79.9. The maximum atomic E-state index is 9.18. The summed E-state index contributed by atoms with van der Waals surface area (Å²) in [6.45, 7) is 1.87. The molecule has 1 aromatic carbocycles. The zero-order chi connectivity index (χ0) is 13.1. The van der Waals surface area contributed by atoms with E-state index in [0.29, 0.717) is 11.5 Å². The van der Waals surface area contributed by atoms with Gasteiger partial charge >= 0.3 is 0 Å². The van der Waals surface area contributed by atoms with Crippen LogP contribution in [-0.2, 0) is 0 Å². The summed E-state index contributed by atoms with van der Waals surface area (Å²) in [6, 6.07) is 5.70. The molecule has 2 rings (SSSR count). The molecule has 1 atom stereocenters. The van der Waals surface area contributed by atoms with Crippen LogP contribution in [0.5, 0.6) is 0 Å². The summed E-state index contributed by atoms with van der Waals surface area (Å²) >= 11 is 3.38. The Labute approximate surface area is 114 Å². The molecule has 5 nitrogen and oxygen atoms in total. The van der Waals surface area contributed by atoms with Crippen LogP contribution in [0.25, 0.3) is 0 Å². The van der Waals surface area contributed by atoms with Crippen LogP contribution < -0.4 is 10.6 Å². The molecule has 1 heterocycles. The number of anilines is 1. The molecule has 6 heteroatoms. The summed E-state index contributed by atoms with van der Waals surface area (Å²) in [6.07, 6.45) is 0.960. The van der Waals surface area contributed by atoms with Crippen molar-refractivity contribution in [1.82, 2.24) is 0 Å². The highest BCUT2D eigenvalue weighted by Gasteiger charge is 2.24. The van der Waals surface area contributed by atoms with E-state index in [9.17, 15) is 5.11 Å². The number of amidine groups is 1. The van der Waals surface area contributed by atoms with Gasteiger partial charge in [-0.15, -0.1) is 0 Å². The number of nitrogens with two attached hydrogens (primary N) is 1. The maximum absolute atomic E-state index is 9.18. The fourth-order valence-electron chi connectivity index (χ4n) is 2.24. The zero-order valence-electron chi connectivity index (χ0n) is 9.88. The van der Waals surface area contributed by atoms with Crippen LogP contribution in [0.15, 0.2) is 27.8 Å². The third-order valence-corrected chi connectivity index (χ3v) is 3.72. The zero-order valence-corrected chi connectivity index (χ0v) is 11.5. The van der Waals surface area contributed by atoms with Crippen LogP contribution in [0.1, 0.15) is 12.0 Å². The normalized spacial score (nSPS) is 20.4. The van der Waals surface area contributed by atoms with E-state index in [-0.39, 0.29) is 12.4 Å². The fourth-order valence-corrected chi connectivity index (χ4v) is 2.60. The van der Waals surface area contributed by atoms with Gasteiger partial charge in [0.25, 0.3) is 0 Å². The molecule has 1 aliphatic heterocycles. The number of aliphatic hydroxyl groups is 1. The second-order valence-electron chi connectivity index (χ2n) is 4.43. The van der Waals surface area contributed by atoms with Crippen molar-refractivity contribution in [2.24, 2.45) is 16.8 Å². The summed E-state index contributed by atoms with van der Waals surface area (Å²) in [7, 11) is 0. The van der Waals surface area contributed by atoms with E-state index in [1.54, 1.807) is 0 Å². The number of aliphatic hydroxyl groups excluding tert-OH is 1. The summed E-state index contributed by atoms with van der Waals surface area (Å²) in [4.78, 5) is 2.15.